The number of carboxylic acids is 1. The lowest BCUT2D eigenvalue weighted by molar-refractivity contribution is 0.0694. The molecule has 2 rings (SSSR count). The van der Waals surface area contributed by atoms with Crippen molar-refractivity contribution in [3.05, 3.63) is 59.2 Å². The van der Waals surface area contributed by atoms with E-state index in [1.165, 1.54) is 0 Å². The lowest BCUT2D eigenvalue weighted by atomic mass is 9.83. The van der Waals surface area contributed by atoms with Crippen molar-refractivity contribution in [3.8, 4) is 17.6 Å². The third-order valence-electron chi connectivity index (χ3n) is 3.23. The Morgan fingerprint density at radius 1 is 1.14 bits per heavy atom. The van der Waals surface area contributed by atoms with Gasteiger partial charge in [0.15, 0.2) is 0 Å². The van der Waals surface area contributed by atoms with Gasteiger partial charge in [0.05, 0.1) is 17.2 Å². The van der Waals surface area contributed by atoms with Crippen molar-refractivity contribution in [1.29, 1.82) is 5.26 Å². The van der Waals surface area contributed by atoms with Gasteiger partial charge in [-0.25, -0.2) is 4.79 Å². The molecule has 0 bridgehead atoms. The zero-order chi connectivity index (χ0) is 16.3. The number of ether oxygens (including phenoxy) is 1. The first-order valence-corrected chi connectivity index (χ1v) is 6.87. The molecule has 0 radical (unpaired) electrons. The highest BCUT2D eigenvalue weighted by atomic mass is 16.5. The van der Waals surface area contributed by atoms with E-state index < -0.39 is 5.97 Å². The van der Waals surface area contributed by atoms with Crippen molar-refractivity contribution >= 4 is 5.97 Å². The molecule has 4 nitrogen and oxygen atoms in total. The van der Waals surface area contributed by atoms with Crippen molar-refractivity contribution in [2.45, 2.75) is 26.2 Å². The average molecular weight is 295 g/mol. The number of carboxylic acid groups (broad SMARTS) is 1. The third kappa shape index (κ3) is 3.44. The van der Waals surface area contributed by atoms with Gasteiger partial charge < -0.3 is 9.84 Å². The molecule has 4 heteroatoms. The number of benzene rings is 2. The van der Waals surface area contributed by atoms with Gasteiger partial charge >= 0.3 is 5.97 Å². The molecule has 112 valence electrons. The number of carbonyl (C=O) groups is 1. The fourth-order valence-corrected chi connectivity index (χ4v) is 2.16. The molecule has 1 N–H and O–H groups in total. The molecular formula is C18H17NO3. The zero-order valence-electron chi connectivity index (χ0n) is 12.8. The van der Waals surface area contributed by atoms with Gasteiger partial charge in [-0.2, -0.15) is 5.26 Å². The van der Waals surface area contributed by atoms with Crippen molar-refractivity contribution in [2.75, 3.05) is 0 Å². The minimum Gasteiger partial charge on any atom is -0.478 e. The highest BCUT2D eigenvalue weighted by Crippen LogP contribution is 2.31. The maximum atomic E-state index is 11.3. The molecular weight excluding hydrogens is 278 g/mol. The summed E-state index contributed by atoms with van der Waals surface area (Å²) in [7, 11) is 0. The van der Waals surface area contributed by atoms with Crippen LogP contribution in [-0.4, -0.2) is 11.1 Å². The number of hydrogen-bond acceptors (Lipinski definition) is 3. The first-order valence-electron chi connectivity index (χ1n) is 6.87. The fraction of sp³-hybridized carbons (Fsp3) is 0.222. The highest BCUT2D eigenvalue weighted by Gasteiger charge is 2.22. The van der Waals surface area contributed by atoms with E-state index in [9.17, 15) is 9.90 Å². The van der Waals surface area contributed by atoms with E-state index in [4.69, 9.17) is 10.00 Å². The standard InChI is InChI=1S/C18H17NO3/c1-18(2,3)16-10-14(7-8-15(16)17(20)21)22-13-6-4-5-12(9-13)11-19/h4-10H,1-3H3,(H,20,21). The van der Waals surface area contributed by atoms with Crippen LogP contribution in [0.2, 0.25) is 0 Å². The van der Waals surface area contributed by atoms with Crippen LogP contribution in [0.1, 0.15) is 42.3 Å². The Kier molecular flexibility index (Phi) is 4.18. The second-order valence-electron chi connectivity index (χ2n) is 6.00. The van der Waals surface area contributed by atoms with E-state index in [1.807, 2.05) is 20.8 Å². The Hall–Kier alpha value is -2.80. The van der Waals surface area contributed by atoms with Gasteiger partial charge in [-0.15, -0.1) is 0 Å². The van der Waals surface area contributed by atoms with Crippen LogP contribution in [0, 0.1) is 11.3 Å². The number of hydrogen-bond donors (Lipinski definition) is 1. The summed E-state index contributed by atoms with van der Waals surface area (Å²) in [4.78, 5) is 11.3. The fourth-order valence-electron chi connectivity index (χ4n) is 2.16. The molecule has 0 aromatic heterocycles. The number of nitriles is 1. The van der Waals surface area contributed by atoms with Gasteiger partial charge in [0.1, 0.15) is 11.5 Å². The summed E-state index contributed by atoms with van der Waals surface area (Å²) in [5.74, 6) is 0.134. The van der Waals surface area contributed by atoms with Crippen LogP contribution in [0.15, 0.2) is 42.5 Å². The van der Waals surface area contributed by atoms with Crippen molar-refractivity contribution in [1.82, 2.24) is 0 Å². The maximum Gasteiger partial charge on any atom is 0.335 e. The molecule has 2 aromatic carbocycles. The van der Waals surface area contributed by atoms with E-state index in [0.717, 1.165) is 0 Å². The first-order chi connectivity index (χ1) is 10.3. The van der Waals surface area contributed by atoms with Crippen LogP contribution >= 0.6 is 0 Å². The van der Waals surface area contributed by atoms with E-state index in [2.05, 4.69) is 6.07 Å². The summed E-state index contributed by atoms with van der Waals surface area (Å²) in [6.07, 6.45) is 0. The van der Waals surface area contributed by atoms with Gasteiger partial charge in [0, 0.05) is 0 Å². The molecule has 22 heavy (non-hydrogen) atoms. The molecule has 0 saturated carbocycles. The Bertz CT molecular complexity index is 752. The van der Waals surface area contributed by atoms with Crippen LogP contribution in [-0.2, 0) is 5.41 Å². The van der Waals surface area contributed by atoms with Crippen LogP contribution in [0.5, 0.6) is 11.5 Å². The van der Waals surface area contributed by atoms with Gasteiger partial charge in [-0.3, -0.25) is 0 Å². The van der Waals surface area contributed by atoms with Gasteiger partial charge in [0.25, 0.3) is 0 Å². The molecule has 2 aromatic rings. The Morgan fingerprint density at radius 3 is 2.41 bits per heavy atom. The highest BCUT2D eigenvalue weighted by molar-refractivity contribution is 5.90. The van der Waals surface area contributed by atoms with Crippen LogP contribution < -0.4 is 4.74 Å². The minimum atomic E-state index is -0.956. The Labute approximate surface area is 129 Å². The molecule has 0 aliphatic rings. The molecule has 0 amide bonds. The zero-order valence-corrected chi connectivity index (χ0v) is 12.8. The molecule has 0 heterocycles. The number of nitrogens with zero attached hydrogens (tertiary/aromatic N) is 1. The summed E-state index contributed by atoms with van der Waals surface area (Å²) in [6, 6.07) is 13.8. The quantitative estimate of drug-likeness (QED) is 0.914. The molecule has 0 spiro atoms. The smallest absolute Gasteiger partial charge is 0.335 e. The summed E-state index contributed by atoms with van der Waals surface area (Å²) < 4.78 is 5.75. The topological polar surface area (TPSA) is 70.3 Å². The lowest BCUT2D eigenvalue weighted by Crippen LogP contribution is -2.16. The monoisotopic (exact) mass is 295 g/mol. The summed E-state index contributed by atoms with van der Waals surface area (Å²) in [6.45, 7) is 5.86. The lowest BCUT2D eigenvalue weighted by Gasteiger charge is -2.22. The maximum absolute atomic E-state index is 11.3. The van der Waals surface area contributed by atoms with E-state index in [0.29, 0.717) is 22.6 Å². The van der Waals surface area contributed by atoms with Crippen molar-refractivity contribution < 1.29 is 14.6 Å². The van der Waals surface area contributed by atoms with Crippen LogP contribution in [0.4, 0.5) is 0 Å². The van der Waals surface area contributed by atoms with Gasteiger partial charge in [0.2, 0.25) is 0 Å². The predicted octanol–water partition coefficient (Wildman–Crippen LogP) is 4.35. The van der Waals surface area contributed by atoms with Gasteiger partial charge in [-0.05, 0) is 47.4 Å². The minimum absolute atomic E-state index is 0.269. The van der Waals surface area contributed by atoms with Crippen molar-refractivity contribution in [2.24, 2.45) is 0 Å². The van der Waals surface area contributed by atoms with Gasteiger partial charge in [-0.1, -0.05) is 26.8 Å². The second-order valence-corrected chi connectivity index (χ2v) is 6.00. The molecule has 0 fully saturated rings. The van der Waals surface area contributed by atoms with Crippen molar-refractivity contribution in [3.63, 3.8) is 0 Å². The third-order valence-corrected chi connectivity index (χ3v) is 3.23. The Morgan fingerprint density at radius 2 is 1.82 bits per heavy atom. The number of rotatable bonds is 3. The number of aromatic carboxylic acids is 1. The summed E-state index contributed by atoms with van der Waals surface area (Å²) in [5, 5.41) is 18.2. The predicted molar refractivity (Wildman–Crippen MR) is 83.3 cm³/mol. The summed E-state index contributed by atoms with van der Waals surface area (Å²) >= 11 is 0. The van der Waals surface area contributed by atoms with Crippen LogP contribution in [0.25, 0.3) is 0 Å². The first kappa shape index (κ1) is 15.6. The molecule has 0 atom stereocenters. The SMILES string of the molecule is CC(C)(C)c1cc(Oc2cccc(C#N)c2)ccc1C(=O)O. The van der Waals surface area contributed by atoms with E-state index in [-0.39, 0.29) is 11.0 Å². The average Bonchev–Trinajstić information content (AvgIpc) is 2.46. The van der Waals surface area contributed by atoms with Crippen LogP contribution in [0.3, 0.4) is 0 Å². The largest absolute Gasteiger partial charge is 0.478 e. The van der Waals surface area contributed by atoms with E-state index in [1.54, 1.807) is 42.5 Å². The molecule has 0 unspecified atom stereocenters. The molecule has 0 aliphatic carbocycles. The Balaban J connectivity index is 2.41. The second kappa shape index (κ2) is 5.90. The van der Waals surface area contributed by atoms with E-state index >= 15 is 0 Å². The molecule has 0 aliphatic heterocycles. The normalized spacial score (nSPS) is 10.8. The summed E-state index contributed by atoms with van der Waals surface area (Å²) in [5.41, 5.74) is 1.16. The molecule has 0 saturated heterocycles.